The summed E-state index contributed by atoms with van der Waals surface area (Å²) >= 11 is 0. The summed E-state index contributed by atoms with van der Waals surface area (Å²) in [6.07, 6.45) is 6.14. The zero-order chi connectivity index (χ0) is 13.8. The quantitative estimate of drug-likeness (QED) is 0.907. The highest BCUT2D eigenvalue weighted by atomic mass is 16.2. The lowest BCUT2D eigenvalue weighted by molar-refractivity contribution is 0.183. The van der Waals surface area contributed by atoms with E-state index in [1.807, 2.05) is 35.6 Å². The topological polar surface area (TPSA) is 63.1 Å². The van der Waals surface area contributed by atoms with Crippen molar-refractivity contribution < 1.29 is 4.79 Å². The zero-order valence-corrected chi connectivity index (χ0v) is 11.2. The maximum Gasteiger partial charge on any atom is 0.317 e. The van der Waals surface area contributed by atoms with Crippen molar-refractivity contribution in [2.45, 2.75) is 19.5 Å². The number of urea groups is 1. The molecule has 0 unspecified atom stereocenters. The number of hydrogen-bond donors (Lipinski definition) is 1. The molecule has 1 aliphatic heterocycles. The van der Waals surface area contributed by atoms with Gasteiger partial charge in [0.05, 0.1) is 18.6 Å². The predicted octanol–water partition coefficient (Wildman–Crippen LogP) is 1.05. The Labute approximate surface area is 117 Å². The van der Waals surface area contributed by atoms with Gasteiger partial charge in [-0.3, -0.25) is 4.98 Å². The molecule has 0 atom stereocenters. The van der Waals surface area contributed by atoms with Gasteiger partial charge in [0.15, 0.2) is 0 Å². The van der Waals surface area contributed by atoms with Crippen molar-refractivity contribution in [1.29, 1.82) is 0 Å². The zero-order valence-electron chi connectivity index (χ0n) is 11.2. The summed E-state index contributed by atoms with van der Waals surface area (Å²) in [5, 5.41) is 2.94. The van der Waals surface area contributed by atoms with Crippen LogP contribution in [0.4, 0.5) is 4.79 Å². The minimum atomic E-state index is -0.0200. The Hall–Kier alpha value is -2.37. The fraction of sp³-hybridized carbons (Fsp3) is 0.357. The standard InChI is InChI=1S/C14H17N5O/c20-14(17-6-4-12-3-1-2-5-16-12)18-7-8-19-11-15-9-13(19)10-18/h1-3,5,9,11H,4,6-8,10H2,(H,17,20). The molecule has 2 amide bonds. The van der Waals surface area contributed by atoms with Gasteiger partial charge in [0.25, 0.3) is 0 Å². The Morgan fingerprint density at radius 2 is 2.30 bits per heavy atom. The first-order valence-electron chi connectivity index (χ1n) is 6.74. The number of carbonyl (C=O) groups excluding carboxylic acids is 1. The number of fused-ring (bicyclic) bond motifs is 1. The first kappa shape index (κ1) is 12.7. The Bertz CT molecular complexity index is 580. The van der Waals surface area contributed by atoms with Gasteiger partial charge in [0, 0.05) is 44.1 Å². The van der Waals surface area contributed by atoms with Crippen LogP contribution in [0.2, 0.25) is 0 Å². The summed E-state index contributed by atoms with van der Waals surface area (Å²) in [7, 11) is 0. The number of imidazole rings is 1. The summed E-state index contributed by atoms with van der Waals surface area (Å²) in [6, 6.07) is 5.79. The highest BCUT2D eigenvalue weighted by Gasteiger charge is 2.19. The van der Waals surface area contributed by atoms with E-state index in [2.05, 4.69) is 19.9 Å². The van der Waals surface area contributed by atoms with E-state index in [1.165, 1.54) is 0 Å². The number of nitrogens with one attached hydrogen (secondary N) is 1. The Kier molecular flexibility index (Phi) is 3.62. The maximum absolute atomic E-state index is 12.1. The lowest BCUT2D eigenvalue weighted by Crippen LogP contribution is -2.44. The molecule has 3 heterocycles. The summed E-state index contributed by atoms with van der Waals surface area (Å²) in [4.78, 5) is 22.2. The van der Waals surface area contributed by atoms with Crippen LogP contribution < -0.4 is 5.32 Å². The van der Waals surface area contributed by atoms with Crippen molar-refractivity contribution in [3.05, 3.63) is 48.3 Å². The second-order valence-electron chi connectivity index (χ2n) is 4.80. The minimum Gasteiger partial charge on any atom is -0.338 e. The van der Waals surface area contributed by atoms with Crippen molar-refractivity contribution in [3.63, 3.8) is 0 Å². The highest BCUT2D eigenvalue weighted by molar-refractivity contribution is 5.74. The van der Waals surface area contributed by atoms with Crippen LogP contribution in [0.15, 0.2) is 36.9 Å². The molecule has 2 aromatic rings. The second-order valence-corrected chi connectivity index (χ2v) is 4.80. The molecule has 2 aromatic heterocycles. The first-order valence-corrected chi connectivity index (χ1v) is 6.74. The molecule has 0 radical (unpaired) electrons. The highest BCUT2D eigenvalue weighted by Crippen LogP contribution is 2.10. The van der Waals surface area contributed by atoms with Crippen LogP contribution in [0.5, 0.6) is 0 Å². The molecule has 6 nitrogen and oxygen atoms in total. The van der Waals surface area contributed by atoms with Crippen LogP contribution in [0.25, 0.3) is 0 Å². The SMILES string of the molecule is O=C(NCCc1ccccn1)N1CCn2cncc2C1. The van der Waals surface area contributed by atoms with Gasteiger partial charge in [0.1, 0.15) is 0 Å². The second kappa shape index (κ2) is 5.73. The van der Waals surface area contributed by atoms with Gasteiger partial charge in [-0.05, 0) is 12.1 Å². The summed E-state index contributed by atoms with van der Waals surface area (Å²) in [5.41, 5.74) is 2.07. The molecule has 0 aliphatic carbocycles. The average Bonchev–Trinajstić information content (AvgIpc) is 2.95. The summed E-state index contributed by atoms with van der Waals surface area (Å²) < 4.78 is 2.08. The van der Waals surface area contributed by atoms with Crippen LogP contribution in [0, 0.1) is 0 Å². The van der Waals surface area contributed by atoms with E-state index >= 15 is 0 Å². The van der Waals surface area contributed by atoms with E-state index in [-0.39, 0.29) is 6.03 Å². The van der Waals surface area contributed by atoms with Gasteiger partial charge >= 0.3 is 6.03 Å². The monoisotopic (exact) mass is 271 g/mol. The van der Waals surface area contributed by atoms with E-state index in [1.54, 1.807) is 6.20 Å². The normalized spacial score (nSPS) is 13.9. The molecular weight excluding hydrogens is 254 g/mol. The van der Waals surface area contributed by atoms with Crippen LogP contribution >= 0.6 is 0 Å². The number of nitrogens with zero attached hydrogens (tertiary/aromatic N) is 4. The Morgan fingerprint density at radius 1 is 1.35 bits per heavy atom. The number of rotatable bonds is 3. The molecule has 20 heavy (non-hydrogen) atoms. The smallest absolute Gasteiger partial charge is 0.317 e. The van der Waals surface area contributed by atoms with Gasteiger partial charge < -0.3 is 14.8 Å². The molecule has 3 rings (SSSR count). The van der Waals surface area contributed by atoms with E-state index in [0.29, 0.717) is 13.1 Å². The molecule has 6 heteroatoms. The van der Waals surface area contributed by atoms with Crippen LogP contribution in [0.3, 0.4) is 0 Å². The Morgan fingerprint density at radius 3 is 3.15 bits per heavy atom. The first-order chi connectivity index (χ1) is 9.83. The molecule has 0 bridgehead atoms. The van der Waals surface area contributed by atoms with Gasteiger partial charge in [-0.25, -0.2) is 9.78 Å². The van der Waals surface area contributed by atoms with Crippen LogP contribution in [-0.2, 0) is 19.5 Å². The third-order valence-corrected chi connectivity index (χ3v) is 3.43. The van der Waals surface area contributed by atoms with Gasteiger partial charge in [-0.15, -0.1) is 0 Å². The predicted molar refractivity (Wildman–Crippen MR) is 74.0 cm³/mol. The third-order valence-electron chi connectivity index (χ3n) is 3.43. The number of amides is 2. The molecule has 0 aromatic carbocycles. The lowest BCUT2D eigenvalue weighted by Gasteiger charge is -2.28. The van der Waals surface area contributed by atoms with Crippen LogP contribution in [0.1, 0.15) is 11.4 Å². The van der Waals surface area contributed by atoms with Crippen molar-refractivity contribution in [1.82, 2.24) is 24.8 Å². The lowest BCUT2D eigenvalue weighted by atomic mass is 10.3. The van der Waals surface area contributed by atoms with E-state index < -0.39 is 0 Å². The Balaban J connectivity index is 1.48. The fourth-order valence-electron chi connectivity index (χ4n) is 2.31. The van der Waals surface area contributed by atoms with Crippen molar-refractivity contribution >= 4 is 6.03 Å². The molecule has 0 saturated carbocycles. The minimum absolute atomic E-state index is 0.0200. The van der Waals surface area contributed by atoms with Gasteiger partial charge in [0.2, 0.25) is 0 Å². The number of hydrogen-bond acceptors (Lipinski definition) is 3. The molecule has 104 valence electrons. The van der Waals surface area contributed by atoms with E-state index in [4.69, 9.17) is 0 Å². The number of pyridine rings is 1. The molecule has 0 fully saturated rings. The molecule has 0 saturated heterocycles. The summed E-state index contributed by atoms with van der Waals surface area (Å²) in [6.45, 7) is 2.75. The van der Waals surface area contributed by atoms with E-state index in [0.717, 1.165) is 30.9 Å². The van der Waals surface area contributed by atoms with Gasteiger partial charge in [-0.1, -0.05) is 6.07 Å². The largest absolute Gasteiger partial charge is 0.338 e. The van der Waals surface area contributed by atoms with Crippen LogP contribution in [-0.4, -0.2) is 38.6 Å². The third kappa shape index (κ3) is 2.79. The molecular formula is C14H17N5O. The number of aromatic nitrogens is 3. The van der Waals surface area contributed by atoms with Crippen molar-refractivity contribution in [2.75, 3.05) is 13.1 Å². The molecule has 0 spiro atoms. The summed E-state index contributed by atoms with van der Waals surface area (Å²) in [5.74, 6) is 0. The van der Waals surface area contributed by atoms with Crippen molar-refractivity contribution in [3.8, 4) is 0 Å². The molecule has 1 aliphatic rings. The van der Waals surface area contributed by atoms with Gasteiger partial charge in [-0.2, -0.15) is 0 Å². The maximum atomic E-state index is 12.1. The van der Waals surface area contributed by atoms with Crippen molar-refractivity contribution in [2.24, 2.45) is 0 Å². The number of carbonyl (C=O) groups is 1. The fourth-order valence-corrected chi connectivity index (χ4v) is 2.31. The van der Waals surface area contributed by atoms with E-state index in [9.17, 15) is 4.79 Å². The average molecular weight is 271 g/mol. The molecule has 1 N–H and O–H groups in total.